The van der Waals surface area contributed by atoms with E-state index in [-0.39, 0.29) is 17.1 Å². The highest BCUT2D eigenvalue weighted by Crippen LogP contribution is 2.38. The minimum Gasteiger partial charge on any atom is -0.322 e. The number of nitrogens with zero attached hydrogens (tertiary/aromatic N) is 1. The Morgan fingerprint density at radius 1 is 1.10 bits per heavy atom. The predicted molar refractivity (Wildman–Crippen MR) is 79.0 cm³/mol. The second-order valence-electron chi connectivity index (χ2n) is 4.79. The topological polar surface area (TPSA) is 20.3 Å². The third-order valence-electron chi connectivity index (χ3n) is 3.36. The summed E-state index contributed by atoms with van der Waals surface area (Å²) >= 11 is 1.58. The summed E-state index contributed by atoms with van der Waals surface area (Å²) in [7, 11) is 0. The van der Waals surface area contributed by atoms with Gasteiger partial charge in [-0.3, -0.25) is 4.79 Å². The van der Waals surface area contributed by atoms with Gasteiger partial charge in [-0.25, -0.2) is 8.78 Å². The standard InChI is InChI=1S/C16H13F2NOS/c17-13-5-1-3-11(9-13)15(20)19-7-8-21-16(19)12-4-2-6-14(18)10-12/h1-6,9-10,16H,7-8H2/t16-/m0/s1. The van der Waals surface area contributed by atoms with Gasteiger partial charge in [-0.05, 0) is 35.9 Å². The van der Waals surface area contributed by atoms with Crippen LogP contribution in [-0.4, -0.2) is 23.1 Å². The predicted octanol–water partition coefficient (Wildman–Crippen LogP) is 3.85. The van der Waals surface area contributed by atoms with Crippen molar-refractivity contribution in [2.45, 2.75) is 5.37 Å². The molecule has 1 amide bonds. The minimum atomic E-state index is -0.435. The molecule has 0 radical (unpaired) electrons. The maximum atomic E-state index is 13.4. The van der Waals surface area contributed by atoms with Crippen LogP contribution in [0.5, 0.6) is 0 Å². The summed E-state index contributed by atoms with van der Waals surface area (Å²) in [6, 6.07) is 11.9. The van der Waals surface area contributed by atoms with E-state index < -0.39 is 5.82 Å². The molecule has 1 aliphatic rings. The Bertz CT molecular complexity index is 677. The van der Waals surface area contributed by atoms with Crippen LogP contribution >= 0.6 is 11.8 Å². The first-order valence-electron chi connectivity index (χ1n) is 6.59. The Morgan fingerprint density at radius 2 is 1.81 bits per heavy atom. The van der Waals surface area contributed by atoms with Crippen LogP contribution in [0.2, 0.25) is 0 Å². The van der Waals surface area contributed by atoms with Gasteiger partial charge < -0.3 is 4.90 Å². The van der Waals surface area contributed by atoms with Crippen LogP contribution in [0, 0.1) is 11.6 Å². The molecule has 1 atom stereocenters. The number of hydrogen-bond acceptors (Lipinski definition) is 2. The number of amides is 1. The lowest BCUT2D eigenvalue weighted by molar-refractivity contribution is 0.0759. The van der Waals surface area contributed by atoms with E-state index in [0.717, 1.165) is 11.3 Å². The van der Waals surface area contributed by atoms with E-state index in [4.69, 9.17) is 0 Å². The molecule has 1 heterocycles. The Labute approximate surface area is 125 Å². The van der Waals surface area contributed by atoms with Gasteiger partial charge in [-0.15, -0.1) is 11.8 Å². The summed E-state index contributed by atoms with van der Waals surface area (Å²) in [6.45, 7) is 0.571. The quantitative estimate of drug-likeness (QED) is 0.840. The first-order chi connectivity index (χ1) is 10.1. The van der Waals surface area contributed by atoms with Crippen molar-refractivity contribution in [2.75, 3.05) is 12.3 Å². The Hall–Kier alpha value is -1.88. The molecular formula is C16H13F2NOS. The molecule has 0 saturated carbocycles. The summed E-state index contributed by atoms with van der Waals surface area (Å²) in [5, 5.41) is -0.225. The fourth-order valence-electron chi connectivity index (χ4n) is 2.40. The van der Waals surface area contributed by atoms with E-state index in [9.17, 15) is 13.6 Å². The van der Waals surface area contributed by atoms with Crippen molar-refractivity contribution in [3.05, 3.63) is 71.3 Å². The van der Waals surface area contributed by atoms with Crippen LogP contribution in [0.1, 0.15) is 21.3 Å². The fourth-order valence-corrected chi connectivity index (χ4v) is 3.65. The zero-order valence-corrected chi connectivity index (χ0v) is 11.9. The van der Waals surface area contributed by atoms with Crippen molar-refractivity contribution in [1.29, 1.82) is 0 Å². The number of hydrogen-bond donors (Lipinski definition) is 0. The molecule has 1 fully saturated rings. The van der Waals surface area contributed by atoms with Crippen molar-refractivity contribution in [3.8, 4) is 0 Å². The Balaban J connectivity index is 1.89. The molecule has 3 rings (SSSR count). The highest BCUT2D eigenvalue weighted by atomic mass is 32.2. The van der Waals surface area contributed by atoms with Crippen LogP contribution in [0.15, 0.2) is 48.5 Å². The molecule has 2 nitrogen and oxygen atoms in total. The molecule has 1 aliphatic heterocycles. The van der Waals surface area contributed by atoms with Gasteiger partial charge in [0.1, 0.15) is 17.0 Å². The van der Waals surface area contributed by atoms with Crippen LogP contribution < -0.4 is 0 Å². The molecule has 2 aromatic rings. The Kier molecular flexibility index (Phi) is 3.92. The highest BCUT2D eigenvalue weighted by molar-refractivity contribution is 7.99. The number of carbonyl (C=O) groups is 1. The molecule has 2 aromatic carbocycles. The second-order valence-corrected chi connectivity index (χ2v) is 5.98. The van der Waals surface area contributed by atoms with Crippen molar-refractivity contribution in [3.63, 3.8) is 0 Å². The summed E-state index contributed by atoms with van der Waals surface area (Å²) in [5.41, 5.74) is 1.07. The molecule has 0 unspecified atom stereocenters. The SMILES string of the molecule is O=C(c1cccc(F)c1)N1CCS[C@H]1c1cccc(F)c1. The largest absolute Gasteiger partial charge is 0.322 e. The number of rotatable bonds is 2. The maximum absolute atomic E-state index is 13.4. The molecule has 0 N–H and O–H groups in total. The van der Waals surface area contributed by atoms with Gasteiger partial charge in [0, 0.05) is 17.9 Å². The van der Waals surface area contributed by atoms with Crippen molar-refractivity contribution in [2.24, 2.45) is 0 Å². The van der Waals surface area contributed by atoms with E-state index in [1.165, 1.54) is 30.3 Å². The Morgan fingerprint density at radius 3 is 2.52 bits per heavy atom. The molecule has 5 heteroatoms. The summed E-state index contributed by atoms with van der Waals surface area (Å²) in [5.74, 6) is -0.204. The van der Waals surface area contributed by atoms with Gasteiger partial charge in [0.15, 0.2) is 0 Å². The molecule has 0 aromatic heterocycles. The normalized spacial score (nSPS) is 18.0. The number of benzene rings is 2. The van der Waals surface area contributed by atoms with Gasteiger partial charge in [0.25, 0.3) is 5.91 Å². The van der Waals surface area contributed by atoms with Crippen molar-refractivity contribution >= 4 is 17.7 Å². The number of carbonyl (C=O) groups excluding carboxylic acids is 1. The molecular weight excluding hydrogens is 292 g/mol. The zero-order chi connectivity index (χ0) is 14.8. The summed E-state index contributed by atoms with van der Waals surface area (Å²) < 4.78 is 26.6. The molecule has 0 aliphatic carbocycles. The molecule has 21 heavy (non-hydrogen) atoms. The van der Waals surface area contributed by atoms with Gasteiger partial charge in [-0.1, -0.05) is 18.2 Å². The van der Waals surface area contributed by atoms with Crippen LogP contribution in [0.4, 0.5) is 8.78 Å². The average Bonchev–Trinajstić information content (AvgIpc) is 2.96. The third kappa shape index (κ3) is 2.93. The monoisotopic (exact) mass is 305 g/mol. The first kappa shape index (κ1) is 14.1. The van der Waals surface area contributed by atoms with Crippen LogP contribution in [-0.2, 0) is 0 Å². The van der Waals surface area contributed by atoms with E-state index in [1.807, 2.05) is 0 Å². The van der Waals surface area contributed by atoms with Gasteiger partial charge >= 0.3 is 0 Å². The lowest BCUT2D eigenvalue weighted by atomic mass is 10.1. The lowest BCUT2D eigenvalue weighted by Crippen LogP contribution is -2.30. The third-order valence-corrected chi connectivity index (χ3v) is 4.62. The first-order valence-corrected chi connectivity index (χ1v) is 7.63. The van der Waals surface area contributed by atoms with E-state index in [0.29, 0.717) is 12.1 Å². The van der Waals surface area contributed by atoms with E-state index in [2.05, 4.69) is 0 Å². The van der Waals surface area contributed by atoms with Crippen LogP contribution in [0.3, 0.4) is 0 Å². The molecule has 0 bridgehead atoms. The summed E-state index contributed by atoms with van der Waals surface area (Å²) in [6.07, 6.45) is 0. The smallest absolute Gasteiger partial charge is 0.255 e. The molecule has 0 spiro atoms. The molecule has 108 valence electrons. The van der Waals surface area contributed by atoms with Gasteiger partial charge in [-0.2, -0.15) is 0 Å². The van der Waals surface area contributed by atoms with E-state index >= 15 is 0 Å². The van der Waals surface area contributed by atoms with Crippen molar-refractivity contribution in [1.82, 2.24) is 4.90 Å². The van der Waals surface area contributed by atoms with Crippen LogP contribution in [0.25, 0.3) is 0 Å². The van der Waals surface area contributed by atoms with Gasteiger partial charge in [0.2, 0.25) is 0 Å². The minimum absolute atomic E-state index is 0.225. The second kappa shape index (κ2) is 5.85. The van der Waals surface area contributed by atoms with Crippen molar-refractivity contribution < 1.29 is 13.6 Å². The number of halogens is 2. The number of thioether (sulfide) groups is 1. The van der Waals surface area contributed by atoms with E-state index in [1.54, 1.807) is 34.9 Å². The highest BCUT2D eigenvalue weighted by Gasteiger charge is 2.31. The fraction of sp³-hybridized carbons (Fsp3) is 0.188. The average molecular weight is 305 g/mol. The lowest BCUT2D eigenvalue weighted by Gasteiger charge is -2.24. The van der Waals surface area contributed by atoms with Gasteiger partial charge in [0.05, 0.1) is 0 Å². The molecule has 1 saturated heterocycles. The zero-order valence-electron chi connectivity index (χ0n) is 11.1. The maximum Gasteiger partial charge on any atom is 0.255 e. The summed E-state index contributed by atoms with van der Waals surface area (Å²) in [4.78, 5) is 14.2.